The molecule has 0 bridgehead atoms. The van der Waals surface area contributed by atoms with E-state index in [2.05, 4.69) is 5.32 Å². The van der Waals surface area contributed by atoms with Crippen LogP contribution in [0.4, 0.5) is 0 Å². The fraction of sp³-hybridized carbons (Fsp3) is 0.818. The average molecular weight is 226 g/mol. The van der Waals surface area contributed by atoms with E-state index < -0.39 is 17.7 Å². The molecule has 0 aromatic carbocycles. The summed E-state index contributed by atoms with van der Waals surface area (Å²) in [5.41, 5.74) is -1.58. The van der Waals surface area contributed by atoms with Crippen molar-refractivity contribution in [3.63, 3.8) is 0 Å². The molecule has 2 amide bonds. The largest absolute Gasteiger partial charge is 0.363 e. The molecule has 2 aliphatic rings. The van der Waals surface area contributed by atoms with Crippen molar-refractivity contribution in [2.45, 2.75) is 44.9 Å². The summed E-state index contributed by atoms with van der Waals surface area (Å²) in [4.78, 5) is 25.2. The quantitative estimate of drug-likeness (QED) is 0.687. The van der Waals surface area contributed by atoms with Gasteiger partial charge in [0.15, 0.2) is 0 Å². The van der Waals surface area contributed by atoms with Gasteiger partial charge in [0, 0.05) is 13.0 Å². The van der Waals surface area contributed by atoms with Crippen LogP contribution in [0.5, 0.6) is 0 Å². The molecule has 0 unspecified atom stereocenters. The second kappa shape index (κ2) is 3.73. The summed E-state index contributed by atoms with van der Waals surface area (Å²) in [6, 6.07) is -0.467. The number of piperazine rings is 1. The van der Waals surface area contributed by atoms with Gasteiger partial charge in [0.1, 0.15) is 6.04 Å². The Kier molecular flexibility index (Phi) is 2.66. The van der Waals surface area contributed by atoms with Gasteiger partial charge in [-0.3, -0.25) is 9.59 Å². The molecule has 16 heavy (non-hydrogen) atoms. The van der Waals surface area contributed by atoms with Crippen molar-refractivity contribution in [2.24, 2.45) is 5.92 Å². The lowest BCUT2D eigenvalue weighted by molar-refractivity contribution is -0.178. The molecule has 2 N–H and O–H groups in total. The highest BCUT2D eigenvalue weighted by molar-refractivity contribution is 5.99. The van der Waals surface area contributed by atoms with Gasteiger partial charge in [-0.05, 0) is 18.8 Å². The lowest BCUT2D eigenvalue weighted by Gasteiger charge is -2.40. The van der Waals surface area contributed by atoms with E-state index in [0.29, 0.717) is 31.7 Å². The topological polar surface area (TPSA) is 69.6 Å². The minimum atomic E-state index is -1.58. The molecule has 0 radical (unpaired) electrons. The van der Waals surface area contributed by atoms with Crippen LogP contribution < -0.4 is 5.32 Å². The molecule has 2 fully saturated rings. The van der Waals surface area contributed by atoms with Gasteiger partial charge in [-0.25, -0.2) is 0 Å². The van der Waals surface area contributed by atoms with E-state index >= 15 is 0 Å². The molecule has 5 nitrogen and oxygen atoms in total. The number of hydrogen-bond acceptors (Lipinski definition) is 3. The Balaban J connectivity index is 2.19. The number of aliphatic hydroxyl groups is 1. The van der Waals surface area contributed by atoms with Crippen LogP contribution in [-0.2, 0) is 9.59 Å². The Hall–Kier alpha value is -1.10. The number of nitrogens with one attached hydrogen (secondary N) is 1. The van der Waals surface area contributed by atoms with E-state index in [1.54, 1.807) is 0 Å². The zero-order chi connectivity index (χ0) is 11.9. The highest BCUT2D eigenvalue weighted by atomic mass is 16.3. The molecule has 2 aliphatic heterocycles. The van der Waals surface area contributed by atoms with Crippen LogP contribution in [0.15, 0.2) is 0 Å². The average Bonchev–Trinajstić information content (AvgIpc) is 2.58. The third-order valence-electron chi connectivity index (χ3n) is 3.29. The van der Waals surface area contributed by atoms with Gasteiger partial charge in [0.05, 0.1) is 0 Å². The highest BCUT2D eigenvalue weighted by Gasteiger charge is 2.53. The summed E-state index contributed by atoms with van der Waals surface area (Å²) in [7, 11) is 0. The summed E-state index contributed by atoms with van der Waals surface area (Å²) >= 11 is 0. The normalized spacial score (nSPS) is 34.2. The summed E-state index contributed by atoms with van der Waals surface area (Å²) in [5.74, 6) is -0.230. The first-order valence-electron chi connectivity index (χ1n) is 5.80. The minimum Gasteiger partial charge on any atom is -0.363 e. The monoisotopic (exact) mass is 226 g/mol. The molecule has 5 heteroatoms. The van der Waals surface area contributed by atoms with Crippen LogP contribution in [0.1, 0.15) is 33.1 Å². The number of nitrogens with zero attached hydrogens (tertiary/aromatic N) is 1. The van der Waals surface area contributed by atoms with Crippen LogP contribution in [0, 0.1) is 5.92 Å². The maximum absolute atomic E-state index is 12.0. The number of fused-ring (bicyclic) bond motifs is 1. The molecule has 2 rings (SSSR count). The van der Waals surface area contributed by atoms with Gasteiger partial charge >= 0.3 is 0 Å². The number of rotatable bonds is 2. The van der Waals surface area contributed by atoms with Crippen molar-refractivity contribution in [3.05, 3.63) is 0 Å². The maximum atomic E-state index is 12.0. The molecule has 0 aromatic heterocycles. The van der Waals surface area contributed by atoms with E-state index in [1.807, 2.05) is 13.8 Å². The van der Waals surface area contributed by atoms with Crippen LogP contribution in [-0.4, -0.2) is 40.1 Å². The van der Waals surface area contributed by atoms with Gasteiger partial charge in [0.2, 0.25) is 11.6 Å². The van der Waals surface area contributed by atoms with Gasteiger partial charge in [-0.2, -0.15) is 0 Å². The Labute approximate surface area is 94.8 Å². The zero-order valence-corrected chi connectivity index (χ0v) is 9.69. The summed E-state index contributed by atoms with van der Waals surface area (Å²) in [6.45, 7) is 4.49. The van der Waals surface area contributed by atoms with E-state index in [-0.39, 0.29) is 5.91 Å². The molecular formula is C11H18N2O3. The first-order valence-corrected chi connectivity index (χ1v) is 5.80. The standard InChI is InChI=1S/C11H18N2O3/c1-7(2)6-8-9(14)13-5-3-4-11(13,16)10(15)12-8/h7-8,16H,3-6H2,1-2H3,(H,12,15)/t8-,11-/m0/s1. The number of hydrogen-bond donors (Lipinski definition) is 2. The number of carbonyl (C=O) groups is 2. The minimum absolute atomic E-state index is 0.145. The van der Waals surface area contributed by atoms with E-state index in [1.165, 1.54) is 4.90 Å². The third kappa shape index (κ3) is 1.59. The predicted octanol–water partition coefficient (Wildman–Crippen LogP) is -0.158. The lowest BCUT2D eigenvalue weighted by atomic mass is 9.97. The second-order valence-electron chi connectivity index (χ2n) is 5.07. The molecule has 0 spiro atoms. The lowest BCUT2D eigenvalue weighted by Crippen LogP contribution is -2.68. The summed E-state index contributed by atoms with van der Waals surface area (Å²) < 4.78 is 0. The zero-order valence-electron chi connectivity index (χ0n) is 9.69. The van der Waals surface area contributed by atoms with Crippen molar-refractivity contribution in [1.82, 2.24) is 10.2 Å². The molecule has 0 aliphatic carbocycles. The first kappa shape index (κ1) is 11.4. The molecular weight excluding hydrogens is 208 g/mol. The van der Waals surface area contributed by atoms with E-state index in [9.17, 15) is 14.7 Å². The highest BCUT2D eigenvalue weighted by Crippen LogP contribution is 2.31. The number of amides is 2. The van der Waals surface area contributed by atoms with Gasteiger partial charge in [-0.15, -0.1) is 0 Å². The molecule has 2 atom stereocenters. The van der Waals surface area contributed by atoms with Crippen LogP contribution >= 0.6 is 0 Å². The number of carbonyl (C=O) groups excluding carboxylic acids is 2. The van der Waals surface area contributed by atoms with E-state index in [0.717, 1.165) is 0 Å². The van der Waals surface area contributed by atoms with Crippen molar-refractivity contribution >= 4 is 11.8 Å². The first-order chi connectivity index (χ1) is 7.45. The van der Waals surface area contributed by atoms with Crippen LogP contribution in [0.25, 0.3) is 0 Å². The Morgan fingerprint density at radius 3 is 2.88 bits per heavy atom. The van der Waals surface area contributed by atoms with Crippen LogP contribution in [0.2, 0.25) is 0 Å². The summed E-state index contributed by atoms with van der Waals surface area (Å²) in [6.07, 6.45) is 1.65. The van der Waals surface area contributed by atoms with Gasteiger partial charge in [-0.1, -0.05) is 13.8 Å². The van der Waals surface area contributed by atoms with Crippen molar-refractivity contribution in [2.75, 3.05) is 6.54 Å². The second-order valence-corrected chi connectivity index (χ2v) is 5.07. The smallest absolute Gasteiger partial charge is 0.274 e. The van der Waals surface area contributed by atoms with Gasteiger partial charge in [0.25, 0.3) is 5.91 Å². The molecule has 0 saturated carbocycles. The molecule has 90 valence electrons. The predicted molar refractivity (Wildman–Crippen MR) is 57.3 cm³/mol. The molecule has 2 saturated heterocycles. The summed E-state index contributed by atoms with van der Waals surface area (Å²) in [5, 5.41) is 12.7. The fourth-order valence-corrected chi connectivity index (χ4v) is 2.49. The van der Waals surface area contributed by atoms with Crippen molar-refractivity contribution in [1.29, 1.82) is 0 Å². The van der Waals surface area contributed by atoms with E-state index in [4.69, 9.17) is 0 Å². The fourth-order valence-electron chi connectivity index (χ4n) is 2.49. The molecule has 2 heterocycles. The maximum Gasteiger partial charge on any atom is 0.274 e. The van der Waals surface area contributed by atoms with Crippen molar-refractivity contribution < 1.29 is 14.7 Å². The SMILES string of the molecule is CC(C)C[C@@H]1NC(=O)[C@@]2(O)CCCN2C1=O. The Bertz CT molecular complexity index is 329. The molecule has 0 aromatic rings. The van der Waals surface area contributed by atoms with Crippen LogP contribution in [0.3, 0.4) is 0 Å². The Morgan fingerprint density at radius 1 is 1.56 bits per heavy atom. The third-order valence-corrected chi connectivity index (χ3v) is 3.29. The Morgan fingerprint density at radius 2 is 2.25 bits per heavy atom. The van der Waals surface area contributed by atoms with Gasteiger partial charge < -0.3 is 15.3 Å². The van der Waals surface area contributed by atoms with Crippen molar-refractivity contribution in [3.8, 4) is 0 Å².